The molecule has 3 rings (SSSR count). The van der Waals surface area contributed by atoms with Gasteiger partial charge in [-0.1, -0.05) is 12.1 Å². The number of amides is 1. The van der Waals surface area contributed by atoms with E-state index in [1.165, 1.54) is 18.3 Å². The third-order valence-electron chi connectivity index (χ3n) is 5.68. The second-order valence-electron chi connectivity index (χ2n) is 8.32. The van der Waals surface area contributed by atoms with Crippen LogP contribution in [-0.2, 0) is 14.8 Å². The fourth-order valence-corrected chi connectivity index (χ4v) is 5.95. The zero-order valence-electron chi connectivity index (χ0n) is 18.3. The summed E-state index contributed by atoms with van der Waals surface area (Å²) < 4.78 is 42.0. The van der Waals surface area contributed by atoms with Crippen molar-refractivity contribution in [2.45, 2.75) is 49.6 Å². The van der Waals surface area contributed by atoms with E-state index < -0.39 is 10.0 Å². The van der Waals surface area contributed by atoms with Crippen molar-refractivity contribution in [3.05, 3.63) is 52.4 Å². The van der Waals surface area contributed by atoms with Gasteiger partial charge in [-0.25, -0.2) is 22.5 Å². The van der Waals surface area contributed by atoms with Crippen molar-refractivity contribution in [3.8, 4) is 0 Å². The molecule has 32 heavy (non-hydrogen) atoms. The minimum Gasteiger partial charge on any atom is -0.362 e. The van der Waals surface area contributed by atoms with Gasteiger partial charge < -0.3 is 10.2 Å². The number of carbonyl (C=O) groups excluding carboxylic acids is 1. The van der Waals surface area contributed by atoms with Crippen LogP contribution < -0.4 is 14.9 Å². The molecule has 0 radical (unpaired) electrons. The van der Waals surface area contributed by atoms with E-state index in [-0.39, 0.29) is 34.6 Å². The number of nitrogens with one attached hydrogen (secondary N) is 2. The number of halogens is 2. The highest BCUT2D eigenvalue weighted by Crippen LogP contribution is 2.28. The van der Waals surface area contributed by atoms with Crippen LogP contribution in [-0.4, -0.2) is 39.4 Å². The third-order valence-corrected chi connectivity index (χ3v) is 7.75. The van der Waals surface area contributed by atoms with Crippen LogP contribution in [0.25, 0.3) is 0 Å². The zero-order chi connectivity index (χ0) is 23.5. The molecule has 0 bridgehead atoms. The van der Waals surface area contributed by atoms with Gasteiger partial charge in [0.25, 0.3) is 0 Å². The summed E-state index contributed by atoms with van der Waals surface area (Å²) >= 11 is 3.37. The summed E-state index contributed by atoms with van der Waals surface area (Å²) in [5, 5.41) is 2.98. The Balaban J connectivity index is 1.54. The van der Waals surface area contributed by atoms with Crippen LogP contribution in [0.4, 0.5) is 10.2 Å². The van der Waals surface area contributed by atoms with Gasteiger partial charge in [0.05, 0.1) is 10.5 Å². The summed E-state index contributed by atoms with van der Waals surface area (Å²) in [6.45, 7) is 1.86. The van der Waals surface area contributed by atoms with Gasteiger partial charge in [-0.05, 0) is 72.3 Å². The number of hydrogen-bond acceptors (Lipinski definition) is 5. The molecule has 7 nitrogen and oxygen atoms in total. The van der Waals surface area contributed by atoms with E-state index in [2.05, 4.69) is 31.0 Å². The summed E-state index contributed by atoms with van der Waals surface area (Å²) in [4.78, 5) is 18.7. The molecule has 10 heteroatoms. The van der Waals surface area contributed by atoms with Gasteiger partial charge in [0.2, 0.25) is 15.9 Å². The van der Waals surface area contributed by atoms with Gasteiger partial charge >= 0.3 is 0 Å². The van der Waals surface area contributed by atoms with E-state index in [0.717, 1.165) is 5.56 Å². The lowest BCUT2D eigenvalue weighted by Crippen LogP contribution is -2.41. The monoisotopic (exact) mass is 526 g/mol. The maximum absolute atomic E-state index is 13.1. The van der Waals surface area contributed by atoms with Crippen molar-refractivity contribution in [1.29, 1.82) is 0 Å². The highest BCUT2D eigenvalue weighted by molar-refractivity contribution is 9.10. The van der Waals surface area contributed by atoms with Crippen LogP contribution in [0.3, 0.4) is 0 Å². The molecule has 0 unspecified atom stereocenters. The fraction of sp³-hybridized carbons (Fsp3) is 0.455. The predicted molar refractivity (Wildman–Crippen MR) is 125 cm³/mol. The predicted octanol–water partition coefficient (Wildman–Crippen LogP) is 3.76. The average molecular weight is 527 g/mol. The molecule has 1 fully saturated rings. The Bertz CT molecular complexity index is 1060. The molecule has 0 spiro atoms. The average Bonchev–Trinajstić information content (AvgIpc) is 2.74. The number of rotatable bonds is 7. The fourth-order valence-electron chi connectivity index (χ4n) is 3.82. The molecule has 1 heterocycles. The lowest BCUT2D eigenvalue weighted by atomic mass is 9.85. The van der Waals surface area contributed by atoms with Gasteiger partial charge in [-0.3, -0.25) is 4.79 Å². The Morgan fingerprint density at radius 1 is 1.19 bits per heavy atom. The van der Waals surface area contributed by atoms with E-state index in [0.29, 0.717) is 36.0 Å². The van der Waals surface area contributed by atoms with Crippen molar-refractivity contribution in [3.63, 3.8) is 0 Å². The first kappa shape index (κ1) is 24.6. The number of carbonyl (C=O) groups is 1. The van der Waals surface area contributed by atoms with Gasteiger partial charge in [0, 0.05) is 32.3 Å². The van der Waals surface area contributed by atoms with E-state index >= 15 is 0 Å². The van der Waals surface area contributed by atoms with E-state index in [9.17, 15) is 17.6 Å². The number of anilines is 1. The molecule has 2 aromatic rings. The Hall–Kier alpha value is -2.04. The van der Waals surface area contributed by atoms with Crippen molar-refractivity contribution < 1.29 is 17.6 Å². The Morgan fingerprint density at radius 2 is 1.81 bits per heavy atom. The molecule has 2 N–H and O–H groups in total. The quantitative estimate of drug-likeness (QED) is 0.572. The standard InChI is InChI=1S/C22H28BrFN4O3S/c1-14(15-4-8-17(24)9-5-15)26-22(29)16-6-10-18(11-7-16)27-32(30,31)19-12-20(23)21(25-13-19)28(2)3/h4-5,8-9,12-14,16,18,27H,6-7,10-11H2,1-3H3,(H,26,29)/t14-,16-,18-/m1/s1. The van der Waals surface area contributed by atoms with Gasteiger partial charge in [-0.2, -0.15) is 0 Å². The first-order valence-electron chi connectivity index (χ1n) is 10.5. The molecule has 1 aromatic heterocycles. The number of aromatic nitrogens is 1. The third kappa shape index (κ3) is 6.05. The number of hydrogen-bond donors (Lipinski definition) is 2. The number of sulfonamides is 1. The Labute approximate surface area is 197 Å². The zero-order valence-corrected chi connectivity index (χ0v) is 20.7. The second-order valence-corrected chi connectivity index (χ2v) is 10.9. The molecule has 1 atom stereocenters. The lowest BCUT2D eigenvalue weighted by Gasteiger charge is -2.29. The molecule has 0 saturated heterocycles. The van der Waals surface area contributed by atoms with Crippen LogP contribution in [0, 0.1) is 11.7 Å². The Morgan fingerprint density at radius 3 is 2.38 bits per heavy atom. The minimum absolute atomic E-state index is 0.0597. The second kappa shape index (κ2) is 10.3. The summed E-state index contributed by atoms with van der Waals surface area (Å²) in [6, 6.07) is 7.14. The first-order chi connectivity index (χ1) is 15.1. The largest absolute Gasteiger partial charge is 0.362 e. The molecule has 174 valence electrons. The normalized spacial score (nSPS) is 19.9. The van der Waals surface area contributed by atoms with Crippen LogP contribution in [0.15, 0.2) is 45.9 Å². The molecular weight excluding hydrogens is 499 g/mol. The van der Waals surface area contributed by atoms with E-state index in [1.54, 1.807) is 23.1 Å². The molecule has 1 amide bonds. The molecular formula is C22H28BrFN4O3S. The minimum atomic E-state index is -3.71. The first-order valence-corrected chi connectivity index (χ1v) is 12.8. The van der Waals surface area contributed by atoms with Crippen molar-refractivity contribution in [1.82, 2.24) is 15.0 Å². The number of pyridine rings is 1. The van der Waals surface area contributed by atoms with Crippen LogP contribution in [0.2, 0.25) is 0 Å². The van der Waals surface area contributed by atoms with E-state index in [4.69, 9.17) is 0 Å². The Kier molecular flexibility index (Phi) is 7.89. The SMILES string of the molecule is C[C@@H](NC(=O)[C@H]1CC[C@H](NS(=O)(=O)c2cnc(N(C)C)c(Br)c2)CC1)c1ccc(F)cc1. The van der Waals surface area contributed by atoms with Gasteiger partial charge in [0.15, 0.2) is 0 Å². The summed E-state index contributed by atoms with van der Waals surface area (Å²) in [5.74, 6) is 0.0968. The van der Waals surface area contributed by atoms with Crippen LogP contribution in [0.1, 0.15) is 44.2 Å². The molecule has 1 aromatic carbocycles. The lowest BCUT2D eigenvalue weighted by molar-refractivity contribution is -0.126. The van der Waals surface area contributed by atoms with Gasteiger partial charge in [-0.15, -0.1) is 0 Å². The van der Waals surface area contributed by atoms with Crippen LogP contribution in [0.5, 0.6) is 0 Å². The summed E-state index contributed by atoms with van der Waals surface area (Å²) in [6.07, 6.45) is 3.69. The molecule has 1 saturated carbocycles. The van der Waals surface area contributed by atoms with Crippen molar-refractivity contribution in [2.75, 3.05) is 19.0 Å². The maximum atomic E-state index is 13.1. The van der Waals surface area contributed by atoms with Crippen molar-refractivity contribution in [2.24, 2.45) is 5.92 Å². The smallest absolute Gasteiger partial charge is 0.242 e. The highest BCUT2D eigenvalue weighted by Gasteiger charge is 2.30. The van der Waals surface area contributed by atoms with Crippen LogP contribution >= 0.6 is 15.9 Å². The van der Waals surface area contributed by atoms with Gasteiger partial charge in [0.1, 0.15) is 16.5 Å². The molecule has 1 aliphatic carbocycles. The maximum Gasteiger partial charge on any atom is 0.242 e. The number of nitrogens with zero attached hydrogens (tertiary/aromatic N) is 2. The molecule has 0 aliphatic heterocycles. The topological polar surface area (TPSA) is 91.4 Å². The van der Waals surface area contributed by atoms with E-state index in [1.807, 2.05) is 21.0 Å². The van der Waals surface area contributed by atoms with Crippen molar-refractivity contribution >= 4 is 37.7 Å². The summed E-state index contributed by atoms with van der Waals surface area (Å²) in [7, 11) is -0.0576. The molecule has 1 aliphatic rings. The number of benzene rings is 1. The highest BCUT2D eigenvalue weighted by atomic mass is 79.9. The summed E-state index contributed by atoms with van der Waals surface area (Å²) in [5.41, 5.74) is 0.834.